The van der Waals surface area contributed by atoms with Gasteiger partial charge in [0.15, 0.2) is 0 Å². The number of urea groups is 1. The van der Waals surface area contributed by atoms with E-state index < -0.39 is 23.3 Å². The number of likely N-dealkylation sites (N-methyl/N-ethyl adjacent to an activating group) is 1. The number of ether oxygens (including phenoxy) is 1. The summed E-state index contributed by atoms with van der Waals surface area (Å²) in [6, 6.07) is 8.22. The van der Waals surface area contributed by atoms with E-state index >= 15 is 0 Å². The Kier molecular flexibility index (Phi) is 12.0. The smallest absolute Gasteiger partial charge is 0.417 e. The van der Waals surface area contributed by atoms with Crippen molar-refractivity contribution in [1.29, 1.82) is 5.26 Å². The van der Waals surface area contributed by atoms with Crippen LogP contribution in [0.1, 0.15) is 49.4 Å². The van der Waals surface area contributed by atoms with Gasteiger partial charge in [0.1, 0.15) is 18.1 Å². The molecular weight excluding hydrogens is 557 g/mol. The summed E-state index contributed by atoms with van der Waals surface area (Å²) in [6.45, 7) is 6.98. The van der Waals surface area contributed by atoms with Crippen LogP contribution >= 0.6 is 11.6 Å². The van der Waals surface area contributed by atoms with Crippen LogP contribution in [0.5, 0.6) is 5.75 Å². The molecule has 2 aromatic carbocycles. The first kappa shape index (κ1) is 33.4. The molecule has 41 heavy (non-hydrogen) atoms. The van der Waals surface area contributed by atoms with E-state index in [0.29, 0.717) is 29.7 Å². The molecule has 0 radical (unpaired) electrons. The van der Waals surface area contributed by atoms with Crippen molar-refractivity contribution in [3.05, 3.63) is 75.8 Å². The standard InChI is InChI=1S/C30H34ClF3N4O3/c1-6-8-21(13-14-36-5)24-11-10-23(17-25(24)30(32,33)34)41-16-7-15-38(29(3,4)19-39)28(40)37-26-12-9-22(18-35)27(31)20(26)2/h6,8-13,17,19,36H,7,14-16H2,1-5H3,(H,37,40)/b8-6-,21-13+. The molecule has 0 saturated carbocycles. The molecular formula is C30H34ClF3N4O3. The highest BCUT2D eigenvalue weighted by molar-refractivity contribution is 6.33. The normalized spacial score (nSPS) is 12.2. The predicted molar refractivity (Wildman–Crippen MR) is 155 cm³/mol. The zero-order valence-corrected chi connectivity index (χ0v) is 24.4. The fourth-order valence-corrected chi connectivity index (χ4v) is 4.18. The number of amides is 2. The van der Waals surface area contributed by atoms with Gasteiger partial charge in [0.05, 0.1) is 28.3 Å². The van der Waals surface area contributed by atoms with Gasteiger partial charge >= 0.3 is 12.2 Å². The number of rotatable bonds is 12. The Morgan fingerprint density at radius 2 is 1.93 bits per heavy atom. The molecule has 0 aliphatic carbocycles. The van der Waals surface area contributed by atoms with Crippen LogP contribution in [-0.2, 0) is 11.0 Å². The lowest BCUT2D eigenvalue weighted by Crippen LogP contribution is -2.51. The second-order valence-electron chi connectivity index (χ2n) is 9.69. The first-order valence-electron chi connectivity index (χ1n) is 12.9. The molecule has 7 nitrogen and oxygen atoms in total. The van der Waals surface area contributed by atoms with Crippen molar-refractivity contribution in [2.45, 2.75) is 45.8 Å². The summed E-state index contributed by atoms with van der Waals surface area (Å²) in [7, 11) is 1.70. The van der Waals surface area contributed by atoms with Crippen LogP contribution in [0.2, 0.25) is 5.02 Å². The van der Waals surface area contributed by atoms with Gasteiger partial charge in [-0.2, -0.15) is 18.4 Å². The summed E-state index contributed by atoms with van der Waals surface area (Å²) >= 11 is 6.20. The molecule has 0 heterocycles. The van der Waals surface area contributed by atoms with Crippen molar-refractivity contribution in [3.8, 4) is 11.8 Å². The Morgan fingerprint density at radius 3 is 2.51 bits per heavy atom. The van der Waals surface area contributed by atoms with E-state index in [2.05, 4.69) is 10.6 Å². The van der Waals surface area contributed by atoms with Crippen molar-refractivity contribution < 1.29 is 27.5 Å². The number of hydrogen-bond acceptors (Lipinski definition) is 5. The number of anilines is 1. The van der Waals surface area contributed by atoms with Crippen LogP contribution in [0.15, 0.2) is 48.6 Å². The van der Waals surface area contributed by atoms with Gasteiger partial charge in [-0.15, -0.1) is 0 Å². The highest BCUT2D eigenvalue weighted by atomic mass is 35.5. The molecule has 2 aromatic rings. The van der Waals surface area contributed by atoms with E-state index in [1.165, 1.54) is 23.1 Å². The first-order valence-corrected chi connectivity index (χ1v) is 13.2. The summed E-state index contributed by atoms with van der Waals surface area (Å²) < 4.78 is 47.5. The summed E-state index contributed by atoms with van der Waals surface area (Å²) in [5.74, 6) is 0.0306. The van der Waals surface area contributed by atoms with Gasteiger partial charge in [-0.05, 0) is 82.1 Å². The van der Waals surface area contributed by atoms with Crippen LogP contribution in [-0.4, -0.2) is 49.5 Å². The molecule has 0 saturated heterocycles. The monoisotopic (exact) mass is 590 g/mol. The number of benzene rings is 2. The molecule has 2 rings (SSSR count). The van der Waals surface area contributed by atoms with Gasteiger partial charge in [0.2, 0.25) is 0 Å². The van der Waals surface area contributed by atoms with Gasteiger partial charge in [0.25, 0.3) is 0 Å². The molecule has 0 aliphatic heterocycles. The molecule has 11 heteroatoms. The number of aldehydes is 1. The fourth-order valence-electron chi connectivity index (χ4n) is 3.98. The van der Waals surface area contributed by atoms with Crippen molar-refractivity contribution in [2.75, 3.05) is 32.1 Å². The fraction of sp³-hybridized carbons (Fsp3) is 0.367. The topological polar surface area (TPSA) is 94.5 Å². The van der Waals surface area contributed by atoms with Crippen LogP contribution in [0.3, 0.4) is 0 Å². The SMILES string of the molecule is C/C=C\C(=C/CNC)c1ccc(OCCCN(C(=O)Nc2ccc(C#N)c(Cl)c2C)C(C)(C)C=O)cc1C(F)(F)F. The third kappa shape index (κ3) is 8.84. The summed E-state index contributed by atoms with van der Waals surface area (Å²) in [6.07, 6.45) is 1.21. The van der Waals surface area contributed by atoms with Crippen LogP contribution in [0, 0.1) is 18.3 Å². The van der Waals surface area contributed by atoms with Crippen LogP contribution in [0.25, 0.3) is 5.57 Å². The molecule has 2 N–H and O–H groups in total. The molecule has 0 unspecified atom stereocenters. The van der Waals surface area contributed by atoms with Crippen molar-refractivity contribution in [2.24, 2.45) is 0 Å². The van der Waals surface area contributed by atoms with E-state index in [-0.39, 0.29) is 41.5 Å². The zero-order valence-electron chi connectivity index (χ0n) is 23.7. The number of nitriles is 1. The minimum absolute atomic E-state index is 0.00556. The minimum Gasteiger partial charge on any atom is -0.494 e. The van der Waals surface area contributed by atoms with Crippen molar-refractivity contribution in [1.82, 2.24) is 10.2 Å². The van der Waals surface area contributed by atoms with Gasteiger partial charge in [-0.1, -0.05) is 35.9 Å². The van der Waals surface area contributed by atoms with Gasteiger partial charge < -0.3 is 25.1 Å². The second-order valence-corrected chi connectivity index (χ2v) is 10.1. The number of carbonyl (C=O) groups excluding carboxylic acids is 2. The van der Waals surface area contributed by atoms with E-state index in [9.17, 15) is 22.8 Å². The average Bonchev–Trinajstić information content (AvgIpc) is 2.93. The Bertz CT molecular complexity index is 1350. The quantitative estimate of drug-likeness (QED) is 0.158. The summed E-state index contributed by atoms with van der Waals surface area (Å²) in [5, 5.41) is 15.0. The first-order chi connectivity index (χ1) is 19.3. The highest BCUT2D eigenvalue weighted by Crippen LogP contribution is 2.37. The third-order valence-corrected chi connectivity index (χ3v) is 6.74. The maximum Gasteiger partial charge on any atom is 0.417 e. The zero-order chi connectivity index (χ0) is 30.8. The number of carbonyl (C=O) groups is 2. The van der Waals surface area contributed by atoms with Crippen molar-refractivity contribution in [3.63, 3.8) is 0 Å². The second kappa shape index (κ2) is 14.7. The number of halogens is 4. The number of hydrogen-bond donors (Lipinski definition) is 2. The van der Waals surface area contributed by atoms with Gasteiger partial charge in [-0.25, -0.2) is 4.79 Å². The average molecular weight is 591 g/mol. The van der Waals surface area contributed by atoms with E-state index in [4.69, 9.17) is 21.6 Å². The maximum atomic E-state index is 13.9. The molecule has 220 valence electrons. The van der Waals surface area contributed by atoms with Gasteiger partial charge in [-0.3, -0.25) is 0 Å². The lowest BCUT2D eigenvalue weighted by Gasteiger charge is -2.34. The minimum atomic E-state index is -4.61. The molecule has 0 fully saturated rings. The van der Waals surface area contributed by atoms with Gasteiger partial charge in [0, 0.05) is 18.8 Å². The number of nitrogens with zero attached hydrogens (tertiary/aromatic N) is 2. The molecule has 0 bridgehead atoms. The summed E-state index contributed by atoms with van der Waals surface area (Å²) in [4.78, 5) is 26.2. The largest absolute Gasteiger partial charge is 0.494 e. The summed E-state index contributed by atoms with van der Waals surface area (Å²) in [5.41, 5.74) is -0.420. The van der Waals surface area contributed by atoms with Crippen LogP contribution < -0.4 is 15.4 Å². The van der Waals surface area contributed by atoms with Crippen LogP contribution in [0.4, 0.5) is 23.7 Å². The predicted octanol–water partition coefficient (Wildman–Crippen LogP) is 7.00. The molecule has 2 amide bonds. The van der Waals surface area contributed by atoms with E-state index in [1.807, 2.05) is 6.07 Å². The lowest BCUT2D eigenvalue weighted by molar-refractivity contribution is -0.137. The number of alkyl halides is 3. The highest BCUT2D eigenvalue weighted by Gasteiger charge is 2.35. The molecule has 0 aromatic heterocycles. The maximum absolute atomic E-state index is 13.9. The van der Waals surface area contributed by atoms with Crippen molar-refractivity contribution >= 4 is 35.2 Å². The molecule has 0 atom stereocenters. The Morgan fingerprint density at radius 1 is 1.22 bits per heavy atom. The van der Waals surface area contributed by atoms with E-state index in [0.717, 1.165) is 6.07 Å². The van der Waals surface area contributed by atoms with E-state index in [1.54, 1.807) is 59.0 Å². The Labute approximate surface area is 243 Å². The number of allylic oxidation sites excluding steroid dienone is 3. The Balaban J connectivity index is 2.20. The third-order valence-electron chi connectivity index (χ3n) is 6.25. The Hall–Kier alpha value is -3.81. The number of nitrogens with one attached hydrogen (secondary N) is 2. The molecule has 0 spiro atoms. The molecule has 0 aliphatic rings. The lowest BCUT2D eigenvalue weighted by atomic mass is 9.98.